The van der Waals surface area contributed by atoms with Crippen LogP contribution in [0.15, 0.2) is 82.2 Å². The quantitative estimate of drug-likeness (QED) is 0.521. The van der Waals surface area contributed by atoms with Crippen molar-refractivity contribution in [2.24, 2.45) is 0 Å². The van der Waals surface area contributed by atoms with Crippen molar-refractivity contribution in [1.82, 2.24) is 9.62 Å². The average Bonchev–Trinajstić information content (AvgIpc) is 2.79. The molecule has 3 aromatic carbocycles. The molecule has 0 fully saturated rings. The molecule has 0 bridgehead atoms. The van der Waals surface area contributed by atoms with Gasteiger partial charge in [-0.3, -0.25) is 4.79 Å². The first kappa shape index (κ1) is 22.6. The second-order valence-corrected chi connectivity index (χ2v) is 10.4. The molecule has 0 aliphatic carbocycles. The minimum atomic E-state index is -3.82. The second-order valence-electron chi connectivity index (χ2n) is 7.61. The maximum atomic E-state index is 13.9. The molecule has 166 valence electrons. The Morgan fingerprint density at radius 2 is 1.72 bits per heavy atom. The molecule has 8 heteroatoms. The molecule has 32 heavy (non-hydrogen) atoms. The van der Waals surface area contributed by atoms with Gasteiger partial charge in [0.05, 0.1) is 10.9 Å². The van der Waals surface area contributed by atoms with Crippen LogP contribution in [0.3, 0.4) is 0 Å². The smallest absolute Gasteiger partial charge is 0.243 e. The minimum absolute atomic E-state index is 0.0410. The Morgan fingerprint density at radius 1 is 1.03 bits per heavy atom. The van der Waals surface area contributed by atoms with Gasteiger partial charge in [0.15, 0.2) is 0 Å². The molecule has 1 atom stereocenters. The van der Waals surface area contributed by atoms with E-state index in [-0.39, 0.29) is 30.3 Å². The van der Waals surface area contributed by atoms with Crippen LogP contribution in [0.25, 0.3) is 0 Å². The van der Waals surface area contributed by atoms with Gasteiger partial charge in [-0.15, -0.1) is 0 Å². The predicted octanol–water partition coefficient (Wildman–Crippen LogP) is 4.58. The normalized spacial score (nSPS) is 16.4. The van der Waals surface area contributed by atoms with Crippen molar-refractivity contribution in [3.05, 3.63) is 99.8 Å². The second kappa shape index (κ2) is 9.52. The van der Waals surface area contributed by atoms with Crippen molar-refractivity contribution < 1.29 is 17.6 Å². The molecule has 4 rings (SSSR count). The Balaban J connectivity index is 1.60. The van der Waals surface area contributed by atoms with E-state index < -0.39 is 21.9 Å². The zero-order valence-electron chi connectivity index (χ0n) is 17.2. The van der Waals surface area contributed by atoms with E-state index in [0.717, 1.165) is 15.6 Å². The van der Waals surface area contributed by atoms with E-state index in [2.05, 4.69) is 21.2 Å². The van der Waals surface area contributed by atoms with Crippen molar-refractivity contribution in [3.63, 3.8) is 0 Å². The lowest BCUT2D eigenvalue weighted by Gasteiger charge is -2.36. The number of sulfonamides is 1. The standard InChI is InChI=1S/C24H22BrFN2O3S/c25-19-9-11-20(12-10-19)32(30,31)28-14-13-17-5-1-3-7-21(17)23(28)15-24(29)27-16-18-6-2-4-8-22(18)26/h1-12,23H,13-16H2,(H,27,29)/t23-/m1/s1. The topological polar surface area (TPSA) is 66.5 Å². The van der Waals surface area contributed by atoms with Gasteiger partial charge < -0.3 is 5.32 Å². The van der Waals surface area contributed by atoms with E-state index in [9.17, 15) is 17.6 Å². The van der Waals surface area contributed by atoms with Crippen LogP contribution >= 0.6 is 15.9 Å². The Morgan fingerprint density at radius 3 is 2.47 bits per heavy atom. The first-order valence-electron chi connectivity index (χ1n) is 10.2. The first-order chi connectivity index (χ1) is 15.4. The maximum absolute atomic E-state index is 13.9. The number of nitrogens with zero attached hydrogens (tertiary/aromatic N) is 1. The van der Waals surface area contributed by atoms with Gasteiger partial charge in [0.1, 0.15) is 5.82 Å². The molecular formula is C24H22BrFN2O3S. The molecule has 0 radical (unpaired) electrons. The van der Waals surface area contributed by atoms with Gasteiger partial charge in [-0.25, -0.2) is 12.8 Å². The van der Waals surface area contributed by atoms with E-state index in [1.54, 1.807) is 42.5 Å². The van der Waals surface area contributed by atoms with Crippen LogP contribution in [0.5, 0.6) is 0 Å². The number of nitrogens with one attached hydrogen (secondary N) is 1. The summed E-state index contributed by atoms with van der Waals surface area (Å²) in [4.78, 5) is 13.0. The third kappa shape index (κ3) is 4.77. The first-order valence-corrected chi connectivity index (χ1v) is 12.4. The van der Waals surface area contributed by atoms with Gasteiger partial charge in [-0.2, -0.15) is 4.31 Å². The van der Waals surface area contributed by atoms with Crippen molar-refractivity contribution in [2.75, 3.05) is 6.54 Å². The van der Waals surface area contributed by atoms with Crippen LogP contribution in [-0.2, 0) is 27.8 Å². The van der Waals surface area contributed by atoms with E-state index in [4.69, 9.17) is 0 Å². The summed E-state index contributed by atoms with van der Waals surface area (Å²) in [5, 5.41) is 2.73. The van der Waals surface area contributed by atoms with Gasteiger partial charge >= 0.3 is 0 Å². The van der Waals surface area contributed by atoms with Crippen LogP contribution in [0.2, 0.25) is 0 Å². The number of halogens is 2. The van der Waals surface area contributed by atoms with Crippen molar-refractivity contribution in [3.8, 4) is 0 Å². The monoisotopic (exact) mass is 516 g/mol. The lowest BCUT2D eigenvalue weighted by Crippen LogP contribution is -2.42. The summed E-state index contributed by atoms with van der Waals surface area (Å²) in [5.74, 6) is -0.735. The summed E-state index contributed by atoms with van der Waals surface area (Å²) in [7, 11) is -3.82. The Kier molecular flexibility index (Phi) is 6.74. The van der Waals surface area contributed by atoms with Crippen molar-refractivity contribution in [2.45, 2.75) is 30.3 Å². The minimum Gasteiger partial charge on any atom is -0.352 e. The highest BCUT2D eigenvalue weighted by Gasteiger charge is 2.37. The van der Waals surface area contributed by atoms with Gasteiger partial charge in [0.2, 0.25) is 15.9 Å². The highest BCUT2D eigenvalue weighted by Crippen LogP contribution is 2.36. The van der Waals surface area contributed by atoms with Crippen LogP contribution in [0, 0.1) is 5.82 Å². The molecule has 1 aliphatic heterocycles. The van der Waals surface area contributed by atoms with Crippen LogP contribution in [0.4, 0.5) is 4.39 Å². The van der Waals surface area contributed by atoms with E-state index >= 15 is 0 Å². The molecule has 1 aliphatic rings. The Hall–Kier alpha value is -2.55. The summed E-state index contributed by atoms with van der Waals surface area (Å²) in [6, 6.07) is 19.6. The van der Waals surface area contributed by atoms with Gasteiger partial charge in [0, 0.05) is 29.5 Å². The lowest BCUT2D eigenvalue weighted by atomic mass is 9.92. The van der Waals surface area contributed by atoms with E-state index in [0.29, 0.717) is 12.0 Å². The molecule has 1 heterocycles. The lowest BCUT2D eigenvalue weighted by molar-refractivity contribution is -0.122. The zero-order chi connectivity index (χ0) is 22.7. The molecule has 0 saturated carbocycles. The third-order valence-corrected chi connectivity index (χ3v) is 8.05. The Bertz CT molecular complexity index is 1230. The number of rotatable bonds is 6. The largest absolute Gasteiger partial charge is 0.352 e. The number of hydrogen-bond donors (Lipinski definition) is 1. The summed E-state index contributed by atoms with van der Waals surface area (Å²) in [6.07, 6.45) is 0.514. The van der Waals surface area contributed by atoms with Gasteiger partial charge in [0.25, 0.3) is 0 Å². The number of benzene rings is 3. The fourth-order valence-electron chi connectivity index (χ4n) is 3.95. The average molecular weight is 517 g/mol. The molecular weight excluding hydrogens is 495 g/mol. The molecule has 0 saturated heterocycles. The van der Waals surface area contributed by atoms with E-state index in [1.807, 2.05) is 24.3 Å². The molecule has 1 amide bonds. The molecule has 5 nitrogen and oxygen atoms in total. The third-order valence-electron chi connectivity index (χ3n) is 5.60. The van der Waals surface area contributed by atoms with Crippen LogP contribution in [-0.4, -0.2) is 25.2 Å². The highest BCUT2D eigenvalue weighted by molar-refractivity contribution is 9.10. The fourth-order valence-corrected chi connectivity index (χ4v) is 5.82. The SMILES string of the molecule is O=C(C[C@@H]1c2ccccc2CCN1S(=O)(=O)c1ccc(Br)cc1)NCc1ccccc1F. The number of carbonyl (C=O) groups is 1. The van der Waals surface area contributed by atoms with Crippen molar-refractivity contribution >= 4 is 31.9 Å². The maximum Gasteiger partial charge on any atom is 0.243 e. The number of amides is 1. The van der Waals surface area contributed by atoms with Crippen LogP contribution in [0.1, 0.15) is 29.2 Å². The predicted molar refractivity (Wildman–Crippen MR) is 124 cm³/mol. The van der Waals surface area contributed by atoms with E-state index in [1.165, 1.54) is 10.4 Å². The zero-order valence-corrected chi connectivity index (χ0v) is 19.6. The molecule has 0 unspecified atom stereocenters. The van der Waals surface area contributed by atoms with Gasteiger partial charge in [-0.05, 0) is 47.9 Å². The summed E-state index contributed by atoms with van der Waals surface area (Å²) in [5.41, 5.74) is 2.23. The number of fused-ring (bicyclic) bond motifs is 1. The molecule has 1 N–H and O–H groups in total. The number of hydrogen-bond acceptors (Lipinski definition) is 3. The molecule has 0 aromatic heterocycles. The summed E-state index contributed by atoms with van der Waals surface area (Å²) < 4.78 is 43.0. The van der Waals surface area contributed by atoms with Gasteiger partial charge in [-0.1, -0.05) is 58.4 Å². The number of carbonyl (C=O) groups excluding carboxylic acids is 1. The Labute approximate surface area is 195 Å². The van der Waals surface area contributed by atoms with Crippen LogP contribution < -0.4 is 5.32 Å². The molecule has 3 aromatic rings. The summed E-state index contributed by atoms with van der Waals surface area (Å²) in [6.45, 7) is 0.319. The fraction of sp³-hybridized carbons (Fsp3) is 0.208. The summed E-state index contributed by atoms with van der Waals surface area (Å²) >= 11 is 3.33. The van der Waals surface area contributed by atoms with Crippen molar-refractivity contribution in [1.29, 1.82) is 0 Å². The molecule has 0 spiro atoms. The highest BCUT2D eigenvalue weighted by atomic mass is 79.9.